The van der Waals surface area contributed by atoms with Crippen LogP contribution in [0.15, 0.2) is 70.7 Å². The highest BCUT2D eigenvalue weighted by molar-refractivity contribution is 9.10. The highest BCUT2D eigenvalue weighted by Gasteiger charge is 2.15. The summed E-state index contributed by atoms with van der Waals surface area (Å²) in [6, 6.07) is 19.5. The number of hydrogen-bond acceptors (Lipinski definition) is 5. The minimum atomic E-state index is -0.558. The Bertz CT molecular complexity index is 1210. The summed E-state index contributed by atoms with van der Waals surface area (Å²) in [7, 11) is 0. The first kappa shape index (κ1) is 23.9. The van der Waals surface area contributed by atoms with E-state index in [1.165, 1.54) is 18.2 Å². The Morgan fingerprint density at radius 2 is 1.91 bits per heavy atom. The van der Waals surface area contributed by atoms with Crippen molar-refractivity contribution in [3.05, 3.63) is 87.4 Å². The molecular weight excluding hydrogens is 484 g/mol. The smallest absolute Gasteiger partial charge is 0.266 e. The predicted octanol–water partition coefficient (Wildman–Crippen LogP) is 5.99. The topological polar surface area (TPSA) is 91.6 Å². The molecule has 1 amide bonds. The van der Waals surface area contributed by atoms with Gasteiger partial charge in [-0.15, -0.1) is 0 Å². The molecule has 0 saturated heterocycles. The zero-order valence-corrected chi connectivity index (χ0v) is 19.8. The summed E-state index contributed by atoms with van der Waals surface area (Å²) in [4.78, 5) is 12.6. The number of hydrogen-bond donors (Lipinski definition) is 2. The maximum atomic E-state index is 12.6. The molecule has 0 aliphatic heterocycles. The molecule has 0 fully saturated rings. The Labute approximate surface area is 201 Å². The van der Waals surface area contributed by atoms with Crippen molar-refractivity contribution in [2.75, 3.05) is 11.9 Å². The largest absolute Gasteiger partial charge is 0.508 e. The zero-order chi connectivity index (χ0) is 23.8. The molecule has 7 heteroatoms. The Kier molecular flexibility index (Phi) is 8.11. The monoisotopic (exact) mass is 506 g/mol. The number of amides is 1. The fraction of sp³-hybridized carbons (Fsp3) is 0.154. The van der Waals surface area contributed by atoms with E-state index in [9.17, 15) is 15.2 Å². The molecule has 0 bridgehead atoms. The average molecular weight is 507 g/mol. The van der Waals surface area contributed by atoms with Gasteiger partial charge in [-0.25, -0.2) is 0 Å². The van der Waals surface area contributed by atoms with Crippen LogP contribution < -0.4 is 14.8 Å². The van der Waals surface area contributed by atoms with Crippen LogP contribution in [0.1, 0.15) is 23.6 Å². The number of carbonyl (C=O) groups excluding carboxylic acids is 1. The van der Waals surface area contributed by atoms with Gasteiger partial charge in [-0.2, -0.15) is 5.26 Å². The molecule has 0 heterocycles. The Morgan fingerprint density at radius 3 is 2.58 bits per heavy atom. The number of aromatic hydroxyl groups is 1. The van der Waals surface area contributed by atoms with Gasteiger partial charge in [0.05, 0.1) is 11.1 Å². The maximum Gasteiger partial charge on any atom is 0.266 e. The molecule has 0 radical (unpaired) electrons. The van der Waals surface area contributed by atoms with Crippen LogP contribution in [0, 0.1) is 18.3 Å². The van der Waals surface area contributed by atoms with E-state index >= 15 is 0 Å². The quantitative estimate of drug-likeness (QED) is 0.222. The molecule has 0 atom stereocenters. The summed E-state index contributed by atoms with van der Waals surface area (Å²) in [5.74, 6) is 0.573. The number of halogens is 1. The van der Waals surface area contributed by atoms with Crippen molar-refractivity contribution in [3.8, 4) is 23.3 Å². The summed E-state index contributed by atoms with van der Waals surface area (Å²) in [6.45, 7) is 4.68. The van der Waals surface area contributed by atoms with Gasteiger partial charge in [-0.05, 0) is 83.4 Å². The Morgan fingerprint density at radius 1 is 1.15 bits per heavy atom. The normalized spacial score (nSPS) is 10.9. The number of phenolic OH excluding ortho intramolecular Hbond substituents is 1. The van der Waals surface area contributed by atoms with Crippen LogP contribution in [0.4, 0.5) is 5.69 Å². The van der Waals surface area contributed by atoms with Crippen LogP contribution in [0.25, 0.3) is 6.08 Å². The molecule has 3 aromatic carbocycles. The first-order chi connectivity index (χ1) is 15.9. The molecule has 3 aromatic rings. The van der Waals surface area contributed by atoms with Gasteiger partial charge < -0.3 is 19.9 Å². The summed E-state index contributed by atoms with van der Waals surface area (Å²) < 4.78 is 12.4. The summed E-state index contributed by atoms with van der Waals surface area (Å²) >= 11 is 3.52. The number of carbonyl (C=O) groups is 1. The standard InChI is InChI=1S/C26H23BrN2O4/c1-3-32-24-14-19(12-20(15-28)26(31)29-21-7-9-22(30)10-8-21)13-23(27)25(24)33-16-18-6-4-5-17(2)11-18/h4-14,30H,3,16H2,1-2H3,(H,29,31)/b20-12+. The minimum absolute atomic E-state index is 0.0779. The van der Waals surface area contributed by atoms with E-state index in [1.807, 2.05) is 38.1 Å². The number of rotatable bonds is 8. The summed E-state index contributed by atoms with van der Waals surface area (Å²) in [5, 5.41) is 21.5. The van der Waals surface area contributed by atoms with Crippen LogP contribution in [0.2, 0.25) is 0 Å². The minimum Gasteiger partial charge on any atom is -0.508 e. The molecule has 3 rings (SSSR count). The van der Waals surface area contributed by atoms with E-state index < -0.39 is 5.91 Å². The van der Waals surface area contributed by atoms with Gasteiger partial charge >= 0.3 is 0 Å². The lowest BCUT2D eigenvalue weighted by Gasteiger charge is -2.15. The van der Waals surface area contributed by atoms with Gasteiger partial charge in [0.1, 0.15) is 24.0 Å². The number of anilines is 1. The van der Waals surface area contributed by atoms with Crippen molar-refractivity contribution in [2.45, 2.75) is 20.5 Å². The molecule has 0 saturated carbocycles. The maximum absolute atomic E-state index is 12.6. The zero-order valence-electron chi connectivity index (χ0n) is 18.3. The Hall–Kier alpha value is -3.76. The van der Waals surface area contributed by atoms with Crippen molar-refractivity contribution >= 4 is 33.6 Å². The van der Waals surface area contributed by atoms with Crippen molar-refractivity contribution in [1.29, 1.82) is 5.26 Å². The van der Waals surface area contributed by atoms with E-state index in [4.69, 9.17) is 9.47 Å². The average Bonchev–Trinajstić information content (AvgIpc) is 2.78. The first-order valence-electron chi connectivity index (χ1n) is 10.3. The van der Waals surface area contributed by atoms with E-state index in [0.717, 1.165) is 11.1 Å². The number of nitriles is 1. The highest BCUT2D eigenvalue weighted by Crippen LogP contribution is 2.38. The molecule has 0 aliphatic rings. The van der Waals surface area contributed by atoms with Gasteiger partial charge in [0.15, 0.2) is 11.5 Å². The second-order valence-electron chi connectivity index (χ2n) is 7.21. The molecule has 2 N–H and O–H groups in total. The van der Waals surface area contributed by atoms with Crippen molar-refractivity contribution in [1.82, 2.24) is 0 Å². The lowest BCUT2D eigenvalue weighted by atomic mass is 10.1. The number of ether oxygens (including phenoxy) is 2. The molecule has 168 valence electrons. The van der Waals surface area contributed by atoms with Gasteiger partial charge in [0.25, 0.3) is 5.91 Å². The SMILES string of the molecule is CCOc1cc(/C=C(\C#N)C(=O)Nc2ccc(O)cc2)cc(Br)c1OCc1cccc(C)c1. The molecule has 0 aromatic heterocycles. The number of phenols is 1. The summed E-state index contributed by atoms with van der Waals surface area (Å²) in [6.07, 6.45) is 1.48. The number of nitrogens with zero attached hydrogens (tertiary/aromatic N) is 1. The molecule has 0 unspecified atom stereocenters. The lowest BCUT2D eigenvalue weighted by molar-refractivity contribution is -0.112. The fourth-order valence-electron chi connectivity index (χ4n) is 3.09. The third-order valence-electron chi connectivity index (χ3n) is 4.60. The molecule has 6 nitrogen and oxygen atoms in total. The molecular formula is C26H23BrN2O4. The second kappa shape index (κ2) is 11.2. The van der Waals surface area contributed by atoms with Crippen LogP contribution in [-0.2, 0) is 11.4 Å². The van der Waals surface area contributed by atoms with Crippen LogP contribution in [0.3, 0.4) is 0 Å². The predicted molar refractivity (Wildman–Crippen MR) is 131 cm³/mol. The van der Waals surface area contributed by atoms with Crippen molar-refractivity contribution < 1.29 is 19.4 Å². The van der Waals surface area contributed by atoms with Crippen molar-refractivity contribution in [3.63, 3.8) is 0 Å². The van der Waals surface area contributed by atoms with Crippen LogP contribution in [0.5, 0.6) is 17.2 Å². The van der Waals surface area contributed by atoms with Crippen LogP contribution >= 0.6 is 15.9 Å². The highest BCUT2D eigenvalue weighted by atomic mass is 79.9. The lowest BCUT2D eigenvalue weighted by Crippen LogP contribution is -2.13. The van der Waals surface area contributed by atoms with Gasteiger partial charge in [-0.3, -0.25) is 4.79 Å². The second-order valence-corrected chi connectivity index (χ2v) is 8.07. The van der Waals surface area contributed by atoms with Crippen LogP contribution in [-0.4, -0.2) is 17.6 Å². The van der Waals surface area contributed by atoms with E-state index in [0.29, 0.717) is 40.4 Å². The molecule has 33 heavy (non-hydrogen) atoms. The molecule has 0 aliphatic carbocycles. The number of benzene rings is 3. The van der Waals surface area contributed by atoms with Gasteiger partial charge in [-0.1, -0.05) is 29.8 Å². The van der Waals surface area contributed by atoms with E-state index in [-0.39, 0.29) is 11.3 Å². The van der Waals surface area contributed by atoms with E-state index in [1.54, 1.807) is 24.3 Å². The van der Waals surface area contributed by atoms with Crippen molar-refractivity contribution in [2.24, 2.45) is 0 Å². The molecule has 0 spiro atoms. The number of nitrogens with one attached hydrogen (secondary N) is 1. The summed E-state index contributed by atoms with van der Waals surface area (Å²) in [5.41, 5.74) is 3.17. The van der Waals surface area contributed by atoms with E-state index in [2.05, 4.69) is 27.3 Å². The first-order valence-corrected chi connectivity index (χ1v) is 11.1. The third kappa shape index (κ3) is 6.61. The Balaban J connectivity index is 1.84. The fourth-order valence-corrected chi connectivity index (χ4v) is 3.66. The van der Waals surface area contributed by atoms with Gasteiger partial charge in [0, 0.05) is 5.69 Å². The van der Waals surface area contributed by atoms with Gasteiger partial charge in [0.2, 0.25) is 0 Å². The number of aryl methyl sites for hydroxylation is 1. The third-order valence-corrected chi connectivity index (χ3v) is 5.19.